The summed E-state index contributed by atoms with van der Waals surface area (Å²) in [5.74, 6) is 1.73. The van der Waals surface area contributed by atoms with Crippen LogP contribution in [0.5, 0.6) is 0 Å². The van der Waals surface area contributed by atoms with Gasteiger partial charge in [-0.05, 0) is 44.6 Å². The van der Waals surface area contributed by atoms with Gasteiger partial charge in [0.2, 0.25) is 5.91 Å². The number of carbonyl (C=O) groups excluding carboxylic acids is 1. The fourth-order valence-electron chi connectivity index (χ4n) is 2.37. The smallest absolute Gasteiger partial charge is 0.224 e. The Bertz CT molecular complexity index is 240. The van der Waals surface area contributed by atoms with Gasteiger partial charge in [-0.3, -0.25) is 4.79 Å². The molecule has 1 amide bonds. The van der Waals surface area contributed by atoms with E-state index < -0.39 is 0 Å². The molecule has 100 valence electrons. The maximum absolute atomic E-state index is 12.0. The molecule has 1 aliphatic rings. The van der Waals surface area contributed by atoms with Crippen LogP contribution in [-0.2, 0) is 4.79 Å². The standard InChI is InChI=1S/C14H28N2O/c1-10(2)5-6-12(4)16-14(17)13-7-11(3)8-15-9-13/h10-13,15H,5-9H2,1-4H3,(H,16,17). The van der Waals surface area contributed by atoms with E-state index in [1.165, 1.54) is 6.42 Å². The van der Waals surface area contributed by atoms with Crippen molar-refractivity contribution in [3.8, 4) is 0 Å². The highest BCUT2D eigenvalue weighted by molar-refractivity contribution is 5.79. The van der Waals surface area contributed by atoms with Crippen LogP contribution in [0.25, 0.3) is 0 Å². The van der Waals surface area contributed by atoms with Crippen molar-refractivity contribution in [3.63, 3.8) is 0 Å². The van der Waals surface area contributed by atoms with Gasteiger partial charge in [0.05, 0.1) is 5.92 Å². The summed E-state index contributed by atoms with van der Waals surface area (Å²) in [6.07, 6.45) is 3.29. The Kier molecular flexibility index (Phi) is 5.96. The molecule has 3 nitrogen and oxygen atoms in total. The van der Waals surface area contributed by atoms with Gasteiger partial charge in [0, 0.05) is 12.6 Å². The van der Waals surface area contributed by atoms with Crippen molar-refractivity contribution < 1.29 is 4.79 Å². The fourth-order valence-corrected chi connectivity index (χ4v) is 2.37. The van der Waals surface area contributed by atoms with Crippen LogP contribution in [-0.4, -0.2) is 25.0 Å². The summed E-state index contributed by atoms with van der Waals surface area (Å²) in [5, 5.41) is 6.47. The third-order valence-corrected chi connectivity index (χ3v) is 3.51. The maximum atomic E-state index is 12.0. The lowest BCUT2D eigenvalue weighted by Crippen LogP contribution is -2.45. The number of hydrogen-bond acceptors (Lipinski definition) is 2. The number of carbonyl (C=O) groups is 1. The Morgan fingerprint density at radius 2 is 2.00 bits per heavy atom. The zero-order valence-corrected chi connectivity index (χ0v) is 11.8. The summed E-state index contributed by atoms with van der Waals surface area (Å²) in [7, 11) is 0. The van der Waals surface area contributed by atoms with Crippen molar-refractivity contribution in [2.75, 3.05) is 13.1 Å². The molecule has 0 saturated carbocycles. The summed E-state index contributed by atoms with van der Waals surface area (Å²) in [6, 6.07) is 0.308. The zero-order valence-electron chi connectivity index (χ0n) is 11.8. The Morgan fingerprint density at radius 1 is 1.29 bits per heavy atom. The minimum absolute atomic E-state index is 0.167. The number of hydrogen-bond donors (Lipinski definition) is 2. The monoisotopic (exact) mass is 240 g/mol. The molecule has 0 aromatic carbocycles. The molecule has 1 rings (SSSR count). The third kappa shape index (κ3) is 5.53. The van der Waals surface area contributed by atoms with Crippen molar-refractivity contribution in [3.05, 3.63) is 0 Å². The first-order valence-electron chi connectivity index (χ1n) is 7.00. The molecular weight excluding hydrogens is 212 g/mol. The van der Waals surface area contributed by atoms with Gasteiger partial charge in [-0.15, -0.1) is 0 Å². The molecule has 0 aromatic heterocycles. The molecule has 17 heavy (non-hydrogen) atoms. The van der Waals surface area contributed by atoms with Crippen LogP contribution in [0.2, 0.25) is 0 Å². The predicted molar refractivity (Wildman–Crippen MR) is 71.8 cm³/mol. The molecule has 3 atom stereocenters. The normalized spacial score (nSPS) is 26.9. The SMILES string of the molecule is CC(C)CCC(C)NC(=O)C1CNCC(C)C1. The number of piperidine rings is 1. The first kappa shape index (κ1) is 14.5. The van der Waals surface area contributed by atoms with E-state index in [0.29, 0.717) is 17.9 Å². The van der Waals surface area contributed by atoms with E-state index in [4.69, 9.17) is 0 Å². The zero-order chi connectivity index (χ0) is 12.8. The van der Waals surface area contributed by atoms with E-state index in [-0.39, 0.29) is 11.8 Å². The average Bonchev–Trinajstić information content (AvgIpc) is 2.26. The van der Waals surface area contributed by atoms with Crippen LogP contribution in [0.4, 0.5) is 0 Å². The van der Waals surface area contributed by atoms with E-state index in [0.717, 1.165) is 25.9 Å². The van der Waals surface area contributed by atoms with Gasteiger partial charge in [0.1, 0.15) is 0 Å². The largest absolute Gasteiger partial charge is 0.353 e. The fraction of sp³-hybridized carbons (Fsp3) is 0.929. The Hall–Kier alpha value is -0.570. The quantitative estimate of drug-likeness (QED) is 0.773. The average molecular weight is 240 g/mol. The predicted octanol–water partition coefficient (Wildman–Crippen LogP) is 2.17. The molecule has 2 N–H and O–H groups in total. The van der Waals surface area contributed by atoms with E-state index >= 15 is 0 Å². The molecule has 0 radical (unpaired) electrons. The lowest BCUT2D eigenvalue weighted by Gasteiger charge is -2.28. The highest BCUT2D eigenvalue weighted by Crippen LogP contribution is 2.16. The van der Waals surface area contributed by atoms with Crippen molar-refractivity contribution in [1.82, 2.24) is 10.6 Å². The molecule has 1 saturated heterocycles. The van der Waals surface area contributed by atoms with E-state index in [9.17, 15) is 4.79 Å². The van der Waals surface area contributed by atoms with Gasteiger partial charge in [-0.1, -0.05) is 20.8 Å². The molecule has 0 spiro atoms. The maximum Gasteiger partial charge on any atom is 0.224 e. The topological polar surface area (TPSA) is 41.1 Å². The van der Waals surface area contributed by atoms with Gasteiger partial charge in [-0.25, -0.2) is 0 Å². The molecule has 0 aromatic rings. The number of amides is 1. The Morgan fingerprint density at radius 3 is 2.59 bits per heavy atom. The molecule has 3 unspecified atom stereocenters. The van der Waals surface area contributed by atoms with Crippen LogP contribution >= 0.6 is 0 Å². The van der Waals surface area contributed by atoms with Crippen molar-refractivity contribution >= 4 is 5.91 Å². The first-order chi connectivity index (χ1) is 7.99. The third-order valence-electron chi connectivity index (χ3n) is 3.51. The van der Waals surface area contributed by atoms with Gasteiger partial charge in [0.25, 0.3) is 0 Å². The Balaban J connectivity index is 2.27. The summed E-state index contributed by atoms with van der Waals surface area (Å²) >= 11 is 0. The molecule has 0 aliphatic carbocycles. The van der Waals surface area contributed by atoms with Crippen LogP contribution in [0.15, 0.2) is 0 Å². The van der Waals surface area contributed by atoms with Crippen LogP contribution in [0.3, 0.4) is 0 Å². The first-order valence-corrected chi connectivity index (χ1v) is 7.00. The van der Waals surface area contributed by atoms with Crippen LogP contribution < -0.4 is 10.6 Å². The summed E-state index contributed by atoms with van der Waals surface area (Å²) < 4.78 is 0. The number of nitrogens with one attached hydrogen (secondary N) is 2. The molecule has 3 heteroatoms. The molecule has 1 fully saturated rings. The van der Waals surface area contributed by atoms with E-state index in [1.807, 2.05) is 0 Å². The lowest BCUT2D eigenvalue weighted by atomic mass is 9.91. The van der Waals surface area contributed by atoms with Crippen molar-refractivity contribution in [2.45, 2.75) is 53.0 Å². The van der Waals surface area contributed by atoms with Crippen LogP contribution in [0, 0.1) is 17.8 Å². The highest BCUT2D eigenvalue weighted by atomic mass is 16.1. The van der Waals surface area contributed by atoms with Gasteiger partial charge >= 0.3 is 0 Å². The minimum atomic E-state index is 0.167. The van der Waals surface area contributed by atoms with Gasteiger partial charge in [0.15, 0.2) is 0 Å². The van der Waals surface area contributed by atoms with Gasteiger partial charge in [-0.2, -0.15) is 0 Å². The minimum Gasteiger partial charge on any atom is -0.353 e. The highest BCUT2D eigenvalue weighted by Gasteiger charge is 2.25. The van der Waals surface area contributed by atoms with Gasteiger partial charge < -0.3 is 10.6 Å². The summed E-state index contributed by atoms with van der Waals surface area (Å²) in [4.78, 5) is 12.0. The molecule has 1 heterocycles. The summed E-state index contributed by atoms with van der Waals surface area (Å²) in [6.45, 7) is 10.6. The lowest BCUT2D eigenvalue weighted by molar-refractivity contribution is -0.126. The molecule has 1 aliphatic heterocycles. The Labute approximate surface area is 106 Å². The van der Waals surface area contributed by atoms with Crippen LogP contribution in [0.1, 0.15) is 47.0 Å². The second-order valence-corrected chi connectivity index (χ2v) is 6.08. The van der Waals surface area contributed by atoms with Crippen molar-refractivity contribution in [1.29, 1.82) is 0 Å². The van der Waals surface area contributed by atoms with Crippen molar-refractivity contribution in [2.24, 2.45) is 17.8 Å². The summed E-state index contributed by atoms with van der Waals surface area (Å²) in [5.41, 5.74) is 0. The second-order valence-electron chi connectivity index (χ2n) is 6.08. The molecule has 0 bridgehead atoms. The van der Waals surface area contributed by atoms with E-state index in [1.54, 1.807) is 0 Å². The van der Waals surface area contributed by atoms with E-state index in [2.05, 4.69) is 38.3 Å². The number of rotatable bonds is 5. The second kappa shape index (κ2) is 7.00. The molecular formula is C14H28N2O.